The van der Waals surface area contributed by atoms with E-state index in [1.54, 1.807) is 37.3 Å². The summed E-state index contributed by atoms with van der Waals surface area (Å²) in [4.78, 5) is 23.3. The van der Waals surface area contributed by atoms with Crippen LogP contribution in [0.25, 0.3) is 11.0 Å². The Balaban J connectivity index is 1.86. The molecular formula is C20H18FNO5. The molecule has 27 heavy (non-hydrogen) atoms. The molecule has 2 N–H and O–H groups in total. The number of aryl methyl sites for hydroxylation is 1. The van der Waals surface area contributed by atoms with Gasteiger partial charge in [-0.15, -0.1) is 0 Å². The summed E-state index contributed by atoms with van der Waals surface area (Å²) in [6.45, 7) is 1.25. The molecule has 3 aromatic rings. The Labute approximate surface area is 154 Å². The molecule has 3 rings (SSSR count). The minimum Gasteiger partial charge on any atom is -0.486 e. The number of nitrogens with one attached hydrogen (secondary N) is 1. The van der Waals surface area contributed by atoms with Gasteiger partial charge in [0.15, 0.2) is 11.6 Å². The quantitative estimate of drug-likeness (QED) is 0.624. The van der Waals surface area contributed by atoms with Crippen molar-refractivity contribution < 1.29 is 28.2 Å². The Bertz CT molecular complexity index is 982. The third-order valence-corrected chi connectivity index (χ3v) is 4.06. The van der Waals surface area contributed by atoms with Crippen LogP contribution in [-0.2, 0) is 11.4 Å². The van der Waals surface area contributed by atoms with Gasteiger partial charge in [0.2, 0.25) is 0 Å². The van der Waals surface area contributed by atoms with Crippen LogP contribution in [0.4, 0.5) is 4.39 Å². The molecule has 6 nitrogen and oxygen atoms in total. The van der Waals surface area contributed by atoms with E-state index >= 15 is 0 Å². The van der Waals surface area contributed by atoms with Crippen LogP contribution >= 0.6 is 0 Å². The molecular weight excluding hydrogens is 353 g/mol. The molecule has 1 aromatic heterocycles. The van der Waals surface area contributed by atoms with E-state index in [4.69, 9.17) is 14.3 Å². The van der Waals surface area contributed by atoms with Gasteiger partial charge in [0, 0.05) is 5.39 Å². The number of fused-ring (bicyclic) bond motifs is 1. The van der Waals surface area contributed by atoms with Crippen molar-refractivity contribution in [2.75, 3.05) is 6.61 Å². The van der Waals surface area contributed by atoms with Gasteiger partial charge in [-0.25, -0.2) is 4.39 Å². The van der Waals surface area contributed by atoms with Crippen LogP contribution in [-0.4, -0.2) is 29.9 Å². The second-order valence-corrected chi connectivity index (χ2v) is 5.98. The monoisotopic (exact) mass is 371 g/mol. The van der Waals surface area contributed by atoms with Crippen molar-refractivity contribution >= 4 is 23.2 Å². The first kappa shape index (κ1) is 18.6. The van der Waals surface area contributed by atoms with E-state index < -0.39 is 24.4 Å². The third-order valence-electron chi connectivity index (χ3n) is 4.06. The predicted octanol–water partition coefficient (Wildman–Crippen LogP) is 2.75. The highest BCUT2D eigenvalue weighted by Gasteiger charge is 2.21. The lowest BCUT2D eigenvalue weighted by Gasteiger charge is -2.10. The maximum atomic E-state index is 13.7. The van der Waals surface area contributed by atoms with Crippen LogP contribution in [0.1, 0.15) is 21.7 Å². The Kier molecular flexibility index (Phi) is 5.52. The molecule has 0 spiro atoms. The van der Waals surface area contributed by atoms with Gasteiger partial charge >= 0.3 is 0 Å². The average Bonchev–Trinajstić information content (AvgIpc) is 3.00. The molecule has 0 fully saturated rings. The van der Waals surface area contributed by atoms with Crippen LogP contribution in [0.3, 0.4) is 0 Å². The highest BCUT2D eigenvalue weighted by Crippen LogP contribution is 2.27. The summed E-state index contributed by atoms with van der Waals surface area (Å²) < 4.78 is 24.8. The van der Waals surface area contributed by atoms with Gasteiger partial charge in [-0.1, -0.05) is 18.2 Å². The van der Waals surface area contributed by atoms with Crippen molar-refractivity contribution in [2.45, 2.75) is 19.6 Å². The van der Waals surface area contributed by atoms with E-state index in [9.17, 15) is 14.0 Å². The van der Waals surface area contributed by atoms with E-state index in [0.717, 1.165) is 5.56 Å². The molecule has 1 heterocycles. The minimum atomic E-state index is -0.991. The summed E-state index contributed by atoms with van der Waals surface area (Å²) in [5, 5.41) is 12.1. The lowest BCUT2D eigenvalue weighted by atomic mass is 10.1. The number of amides is 1. The fourth-order valence-electron chi connectivity index (χ4n) is 2.73. The fourth-order valence-corrected chi connectivity index (χ4v) is 2.73. The number of aliphatic hydroxyl groups excluding tert-OH is 1. The number of hydrogen-bond acceptors (Lipinski definition) is 5. The van der Waals surface area contributed by atoms with Crippen LogP contribution < -0.4 is 10.1 Å². The fraction of sp³-hybridized carbons (Fsp3) is 0.200. The Morgan fingerprint density at radius 3 is 2.81 bits per heavy atom. The molecule has 0 saturated heterocycles. The summed E-state index contributed by atoms with van der Waals surface area (Å²) in [5.74, 6) is -0.459. The normalized spacial score (nSPS) is 12.0. The van der Waals surface area contributed by atoms with E-state index in [1.165, 1.54) is 12.1 Å². The molecule has 1 unspecified atom stereocenters. The Morgan fingerprint density at radius 2 is 2.11 bits per heavy atom. The number of para-hydroxylation sites is 1. The number of furan rings is 1. The summed E-state index contributed by atoms with van der Waals surface area (Å²) >= 11 is 0. The average molecular weight is 371 g/mol. The first-order valence-corrected chi connectivity index (χ1v) is 8.30. The maximum Gasteiger partial charge on any atom is 0.256 e. The van der Waals surface area contributed by atoms with Gasteiger partial charge in [0.05, 0.1) is 12.2 Å². The number of benzene rings is 2. The molecule has 0 radical (unpaired) electrons. The molecule has 1 amide bonds. The maximum absolute atomic E-state index is 13.7. The molecule has 1 atom stereocenters. The van der Waals surface area contributed by atoms with E-state index in [2.05, 4.69) is 5.32 Å². The molecule has 140 valence electrons. The second kappa shape index (κ2) is 8.01. The number of carbonyl (C=O) groups excluding carboxylic acids is 2. The Morgan fingerprint density at radius 1 is 1.33 bits per heavy atom. The van der Waals surface area contributed by atoms with E-state index in [1.807, 2.05) is 0 Å². The van der Waals surface area contributed by atoms with E-state index in [0.29, 0.717) is 23.0 Å². The van der Waals surface area contributed by atoms with Crippen LogP contribution in [0.5, 0.6) is 5.75 Å². The predicted molar refractivity (Wildman–Crippen MR) is 96.1 cm³/mol. The highest BCUT2D eigenvalue weighted by atomic mass is 19.1. The second-order valence-electron chi connectivity index (χ2n) is 5.98. The van der Waals surface area contributed by atoms with Crippen molar-refractivity contribution in [3.63, 3.8) is 0 Å². The van der Waals surface area contributed by atoms with Gasteiger partial charge in [0.25, 0.3) is 5.91 Å². The van der Waals surface area contributed by atoms with Crippen molar-refractivity contribution in [3.05, 3.63) is 65.2 Å². The molecule has 0 aliphatic rings. The van der Waals surface area contributed by atoms with Gasteiger partial charge in [-0.2, -0.15) is 0 Å². The van der Waals surface area contributed by atoms with Crippen LogP contribution in [0.15, 0.2) is 46.9 Å². The summed E-state index contributed by atoms with van der Waals surface area (Å²) in [6.07, 6.45) is 0.461. The number of rotatable bonds is 7. The van der Waals surface area contributed by atoms with Crippen molar-refractivity contribution in [2.24, 2.45) is 0 Å². The smallest absolute Gasteiger partial charge is 0.256 e. The third kappa shape index (κ3) is 3.98. The topological polar surface area (TPSA) is 88.8 Å². The van der Waals surface area contributed by atoms with E-state index in [-0.39, 0.29) is 17.9 Å². The first-order valence-electron chi connectivity index (χ1n) is 8.30. The summed E-state index contributed by atoms with van der Waals surface area (Å²) in [7, 11) is 0. The van der Waals surface area contributed by atoms with Crippen molar-refractivity contribution in [3.8, 4) is 5.75 Å². The molecule has 7 heteroatoms. The zero-order chi connectivity index (χ0) is 19.4. The van der Waals surface area contributed by atoms with Gasteiger partial charge in [0.1, 0.15) is 30.3 Å². The van der Waals surface area contributed by atoms with Crippen molar-refractivity contribution in [1.29, 1.82) is 0 Å². The molecule has 2 aromatic carbocycles. The molecule has 0 bridgehead atoms. The van der Waals surface area contributed by atoms with Crippen LogP contribution in [0, 0.1) is 12.7 Å². The lowest BCUT2D eigenvalue weighted by molar-refractivity contribution is -0.110. The van der Waals surface area contributed by atoms with Crippen LogP contribution in [0.2, 0.25) is 0 Å². The Hall–Kier alpha value is -3.19. The minimum absolute atomic E-state index is 0.107. The number of hydrogen-bond donors (Lipinski definition) is 2. The SMILES string of the molecule is Cc1oc2ccc(COc3ccccc3F)cc2c1C(=O)NC(C=O)CO. The van der Waals surface area contributed by atoms with Gasteiger partial charge < -0.3 is 24.4 Å². The number of halogens is 1. The summed E-state index contributed by atoms with van der Waals surface area (Å²) in [5.41, 5.74) is 1.49. The number of ether oxygens (including phenoxy) is 1. The number of aldehydes is 1. The standard InChI is InChI=1S/C20H18FNO5/c1-12-19(20(25)22-14(9-23)10-24)15-8-13(6-7-17(15)27-12)11-26-18-5-3-2-4-16(18)21/h2-9,14,24H,10-11H2,1H3,(H,22,25). The largest absolute Gasteiger partial charge is 0.486 e. The van der Waals surface area contributed by atoms with Gasteiger partial charge in [-0.05, 0) is 36.8 Å². The van der Waals surface area contributed by atoms with Crippen molar-refractivity contribution in [1.82, 2.24) is 5.32 Å². The van der Waals surface area contributed by atoms with Gasteiger partial charge in [-0.3, -0.25) is 4.79 Å². The first-order chi connectivity index (χ1) is 13.0. The highest BCUT2D eigenvalue weighted by molar-refractivity contribution is 6.08. The zero-order valence-electron chi connectivity index (χ0n) is 14.6. The molecule has 0 aliphatic carbocycles. The number of aliphatic hydroxyl groups is 1. The molecule has 0 aliphatic heterocycles. The number of carbonyl (C=O) groups is 2. The zero-order valence-corrected chi connectivity index (χ0v) is 14.6. The summed E-state index contributed by atoms with van der Waals surface area (Å²) in [6, 6.07) is 10.3. The molecule has 0 saturated carbocycles. The lowest BCUT2D eigenvalue weighted by Crippen LogP contribution is -2.38.